The molecule has 4 atom stereocenters. The molecule has 0 aliphatic carbocycles. The van der Waals surface area contributed by atoms with Gasteiger partial charge in [0, 0.05) is 10.9 Å². The molecule has 6 N–H and O–H groups in total. The summed E-state index contributed by atoms with van der Waals surface area (Å²) in [5.74, 6) is -2.21. The number of amides is 4. The number of nitrogens with zero attached hydrogens (tertiary/aromatic N) is 1. The summed E-state index contributed by atoms with van der Waals surface area (Å²) in [6, 6.07) is 9.16. The lowest BCUT2D eigenvalue weighted by molar-refractivity contribution is -0.140. The average Bonchev–Trinajstić information content (AvgIpc) is 3.37. The lowest BCUT2D eigenvalue weighted by atomic mass is 9.99. The Morgan fingerprint density at radius 1 is 0.952 bits per heavy atom. The van der Waals surface area contributed by atoms with Gasteiger partial charge in [-0.2, -0.15) is 0 Å². The highest BCUT2D eigenvalue weighted by molar-refractivity contribution is 7.14. The summed E-state index contributed by atoms with van der Waals surface area (Å²) in [6.07, 6.45) is -1.19. The van der Waals surface area contributed by atoms with Crippen LogP contribution in [-0.2, 0) is 20.7 Å². The Hall–Kier alpha value is -3.12. The second-order valence-electron chi connectivity index (χ2n) is 12.4. The van der Waals surface area contributed by atoms with Gasteiger partial charge in [-0.3, -0.25) is 19.7 Å². The topological polar surface area (TPSA) is 165 Å². The first kappa shape index (κ1) is 35.1. The van der Waals surface area contributed by atoms with E-state index in [1.54, 1.807) is 26.8 Å². The monoisotopic (exact) mass is 602 g/mol. The number of nitrogens with one attached hydrogen (secondary N) is 1. The van der Waals surface area contributed by atoms with E-state index >= 15 is 0 Å². The molecule has 2 rings (SSSR count). The van der Waals surface area contributed by atoms with Gasteiger partial charge >= 0.3 is 6.09 Å². The molecule has 4 amide bonds. The Morgan fingerprint density at radius 3 is 2.10 bits per heavy atom. The van der Waals surface area contributed by atoms with Crippen LogP contribution in [-0.4, -0.2) is 57.5 Å². The van der Waals surface area contributed by atoms with Crippen molar-refractivity contribution in [3.05, 3.63) is 57.8 Å². The number of ether oxygens (including phenoxy) is 1. The first-order chi connectivity index (χ1) is 19.5. The number of aliphatic hydroxyl groups excluding tert-OH is 1. The summed E-state index contributed by atoms with van der Waals surface area (Å²) in [4.78, 5) is 55.2. The van der Waals surface area contributed by atoms with Crippen LogP contribution in [0.4, 0.5) is 4.79 Å². The lowest BCUT2D eigenvalue weighted by Crippen LogP contribution is -2.58. The van der Waals surface area contributed by atoms with Crippen LogP contribution < -0.4 is 16.8 Å². The van der Waals surface area contributed by atoms with Gasteiger partial charge in [-0.05, 0) is 69.6 Å². The predicted molar refractivity (Wildman–Crippen MR) is 164 cm³/mol. The molecule has 0 saturated heterocycles. The molecule has 232 valence electrons. The van der Waals surface area contributed by atoms with Crippen molar-refractivity contribution < 1.29 is 29.0 Å². The first-order valence-electron chi connectivity index (χ1n) is 14.2. The van der Waals surface area contributed by atoms with Gasteiger partial charge in [0.1, 0.15) is 17.7 Å². The van der Waals surface area contributed by atoms with Crippen molar-refractivity contribution in [1.82, 2.24) is 10.2 Å². The van der Waals surface area contributed by atoms with Gasteiger partial charge in [-0.1, -0.05) is 58.0 Å². The minimum Gasteiger partial charge on any atom is -0.443 e. The van der Waals surface area contributed by atoms with Gasteiger partial charge in [-0.15, -0.1) is 11.3 Å². The molecule has 1 aromatic carbocycles. The zero-order valence-corrected chi connectivity index (χ0v) is 26.4. The number of carbonyl (C=O) groups is 4. The molecule has 3 unspecified atom stereocenters. The molecular weight excluding hydrogens is 556 g/mol. The number of carbonyl (C=O) groups excluding carboxylic acids is 4. The highest BCUT2D eigenvalue weighted by Crippen LogP contribution is 2.27. The van der Waals surface area contributed by atoms with Crippen LogP contribution in [0.5, 0.6) is 0 Å². The van der Waals surface area contributed by atoms with E-state index in [0.717, 1.165) is 21.8 Å². The van der Waals surface area contributed by atoms with Gasteiger partial charge in [-0.25, -0.2) is 9.69 Å². The Morgan fingerprint density at radius 2 is 1.55 bits per heavy atom. The van der Waals surface area contributed by atoms with Crippen molar-refractivity contribution in [2.75, 3.05) is 0 Å². The third-order valence-electron chi connectivity index (χ3n) is 6.28. The summed E-state index contributed by atoms with van der Waals surface area (Å²) in [5, 5.41) is 13.0. The number of thiophene rings is 1. The van der Waals surface area contributed by atoms with Crippen molar-refractivity contribution in [1.29, 1.82) is 0 Å². The zero-order valence-electron chi connectivity index (χ0n) is 25.6. The van der Waals surface area contributed by atoms with E-state index in [1.165, 1.54) is 6.07 Å². The molecule has 0 fully saturated rings. The van der Waals surface area contributed by atoms with E-state index in [4.69, 9.17) is 16.2 Å². The van der Waals surface area contributed by atoms with Crippen molar-refractivity contribution in [3.63, 3.8) is 0 Å². The number of nitrogens with two attached hydrogens (primary N) is 2. The van der Waals surface area contributed by atoms with Crippen molar-refractivity contribution >= 4 is 35.2 Å². The number of benzene rings is 1. The molecule has 0 spiro atoms. The van der Waals surface area contributed by atoms with E-state index in [0.29, 0.717) is 11.3 Å². The molecule has 0 bridgehead atoms. The van der Waals surface area contributed by atoms with E-state index in [1.807, 2.05) is 58.0 Å². The van der Waals surface area contributed by atoms with Crippen LogP contribution in [0.3, 0.4) is 0 Å². The second-order valence-corrected chi connectivity index (χ2v) is 13.5. The Balaban J connectivity index is 2.34. The fourth-order valence-electron chi connectivity index (χ4n) is 4.37. The SMILES string of the molecule is CC(C)CC(N)[C@H](O)c1ccc(C(=O)NC(=O)C(CC(C)C)N(C(=O)OC(C)(C)C)C(=O)C(N)Cc2ccccc2)s1. The first-order valence-corrected chi connectivity index (χ1v) is 15.1. The number of rotatable bonds is 12. The molecule has 42 heavy (non-hydrogen) atoms. The van der Waals surface area contributed by atoms with Crippen LogP contribution in [0.15, 0.2) is 42.5 Å². The zero-order chi connectivity index (χ0) is 31.8. The van der Waals surface area contributed by atoms with Gasteiger partial charge in [0.15, 0.2) is 0 Å². The van der Waals surface area contributed by atoms with E-state index in [-0.39, 0.29) is 29.6 Å². The largest absolute Gasteiger partial charge is 0.443 e. The quantitative estimate of drug-likeness (QED) is 0.281. The molecular formula is C31H46N4O6S. The number of hydrogen-bond acceptors (Lipinski definition) is 9. The Labute approximate surface area is 252 Å². The van der Waals surface area contributed by atoms with Crippen LogP contribution in [0.25, 0.3) is 0 Å². The maximum Gasteiger partial charge on any atom is 0.417 e. The normalized spacial score (nSPS) is 14.7. The number of hydrogen-bond donors (Lipinski definition) is 4. The summed E-state index contributed by atoms with van der Waals surface area (Å²) in [6.45, 7) is 12.6. The summed E-state index contributed by atoms with van der Waals surface area (Å²) < 4.78 is 5.51. The third-order valence-corrected chi connectivity index (χ3v) is 7.43. The van der Waals surface area contributed by atoms with Crippen LogP contribution in [0.1, 0.15) is 87.5 Å². The van der Waals surface area contributed by atoms with Crippen LogP contribution >= 0.6 is 11.3 Å². The molecule has 0 aliphatic heterocycles. The third kappa shape index (κ3) is 10.6. The summed E-state index contributed by atoms with van der Waals surface area (Å²) >= 11 is 1.02. The molecule has 1 heterocycles. The van der Waals surface area contributed by atoms with Crippen molar-refractivity contribution in [2.45, 2.75) is 97.6 Å². The lowest BCUT2D eigenvalue weighted by Gasteiger charge is -2.33. The maximum absolute atomic E-state index is 13.7. The molecule has 11 heteroatoms. The minimum absolute atomic E-state index is 0.0701. The molecule has 0 saturated carbocycles. The van der Waals surface area contributed by atoms with E-state index in [2.05, 4.69) is 5.32 Å². The van der Waals surface area contributed by atoms with E-state index in [9.17, 15) is 24.3 Å². The molecule has 10 nitrogen and oxygen atoms in total. The Bertz CT molecular complexity index is 1210. The maximum atomic E-state index is 13.7. The number of aliphatic hydroxyl groups is 1. The molecule has 2 aromatic rings. The van der Waals surface area contributed by atoms with Gasteiger partial charge in [0.05, 0.1) is 10.9 Å². The fraction of sp³-hybridized carbons (Fsp3) is 0.548. The predicted octanol–water partition coefficient (Wildman–Crippen LogP) is 4.16. The molecule has 1 aromatic heterocycles. The highest BCUT2D eigenvalue weighted by atomic mass is 32.1. The smallest absolute Gasteiger partial charge is 0.417 e. The van der Waals surface area contributed by atoms with E-state index < -0.39 is 53.6 Å². The van der Waals surface area contributed by atoms with Gasteiger partial charge < -0.3 is 21.3 Å². The number of imide groups is 2. The van der Waals surface area contributed by atoms with Crippen LogP contribution in [0.2, 0.25) is 0 Å². The minimum atomic E-state index is -1.36. The van der Waals surface area contributed by atoms with Crippen molar-refractivity contribution in [3.8, 4) is 0 Å². The molecule has 0 aliphatic rings. The fourth-order valence-corrected chi connectivity index (χ4v) is 5.33. The highest BCUT2D eigenvalue weighted by Gasteiger charge is 2.40. The standard InChI is InChI=1S/C31H46N4O6S/c1-18(2)15-21(32)26(36)24-13-14-25(42-24)28(38)34-27(37)23(16-19(3)4)35(30(40)41-31(5,6)7)29(39)22(33)17-20-11-9-8-10-12-20/h8-14,18-19,21-23,26,36H,15-17,32-33H2,1-7H3,(H,34,37,38)/t21?,22?,23?,26-/m0/s1. The summed E-state index contributed by atoms with van der Waals surface area (Å²) in [5.41, 5.74) is 12.2. The van der Waals surface area contributed by atoms with Gasteiger partial charge in [0.25, 0.3) is 5.91 Å². The molecule has 0 radical (unpaired) electrons. The average molecular weight is 603 g/mol. The Kier molecular flexibility index (Phi) is 12.8. The van der Waals surface area contributed by atoms with Crippen molar-refractivity contribution in [2.24, 2.45) is 23.3 Å². The van der Waals surface area contributed by atoms with Gasteiger partial charge in [0.2, 0.25) is 11.8 Å². The summed E-state index contributed by atoms with van der Waals surface area (Å²) in [7, 11) is 0. The second kappa shape index (κ2) is 15.4. The van der Waals surface area contributed by atoms with Crippen LogP contribution in [0, 0.1) is 11.8 Å².